The summed E-state index contributed by atoms with van der Waals surface area (Å²) < 4.78 is 11.2. The van der Waals surface area contributed by atoms with Crippen molar-refractivity contribution in [1.82, 2.24) is 5.32 Å². The molecule has 1 aliphatic heterocycles. The van der Waals surface area contributed by atoms with Crippen LogP contribution in [0.15, 0.2) is 0 Å². The molecule has 3 unspecified atom stereocenters. The Hall–Kier alpha value is -0.160. The topological polar surface area (TPSA) is 50.7 Å². The lowest BCUT2D eigenvalue weighted by atomic mass is 9.85. The van der Waals surface area contributed by atoms with E-state index in [-0.39, 0.29) is 12.1 Å². The molecule has 19 heavy (non-hydrogen) atoms. The van der Waals surface area contributed by atoms with Gasteiger partial charge in [-0.15, -0.1) is 0 Å². The van der Waals surface area contributed by atoms with E-state index in [1.54, 1.807) is 0 Å². The van der Waals surface area contributed by atoms with Crippen molar-refractivity contribution in [1.29, 1.82) is 0 Å². The van der Waals surface area contributed by atoms with Gasteiger partial charge in [-0.25, -0.2) is 0 Å². The van der Waals surface area contributed by atoms with Crippen LogP contribution in [-0.4, -0.2) is 49.7 Å². The summed E-state index contributed by atoms with van der Waals surface area (Å²) >= 11 is 0. The molecule has 2 fully saturated rings. The molecule has 0 bridgehead atoms. The number of aliphatic hydroxyl groups excluding tert-OH is 1. The molecule has 2 rings (SSSR count). The highest BCUT2D eigenvalue weighted by Gasteiger charge is 2.41. The molecular weight excluding hydrogens is 242 g/mol. The molecule has 0 aromatic carbocycles. The molecule has 3 atom stereocenters. The number of nitrogens with one attached hydrogen (secondary N) is 1. The minimum absolute atomic E-state index is 0.0501. The van der Waals surface area contributed by atoms with E-state index in [1.807, 2.05) is 0 Å². The Bertz CT molecular complexity index is 256. The lowest BCUT2D eigenvalue weighted by molar-refractivity contribution is 0.0245. The van der Waals surface area contributed by atoms with Gasteiger partial charge in [0.05, 0.1) is 19.3 Å². The van der Waals surface area contributed by atoms with Gasteiger partial charge in [-0.2, -0.15) is 0 Å². The lowest BCUT2D eigenvalue weighted by Crippen LogP contribution is -2.52. The first-order chi connectivity index (χ1) is 9.30. The second-order valence-corrected chi connectivity index (χ2v) is 5.98. The third-order valence-corrected chi connectivity index (χ3v) is 4.67. The van der Waals surface area contributed by atoms with Crippen LogP contribution in [0.1, 0.15) is 45.4 Å². The zero-order chi connectivity index (χ0) is 13.6. The van der Waals surface area contributed by atoms with E-state index in [9.17, 15) is 5.11 Å². The van der Waals surface area contributed by atoms with E-state index in [4.69, 9.17) is 9.47 Å². The Morgan fingerprint density at radius 1 is 1.42 bits per heavy atom. The summed E-state index contributed by atoms with van der Waals surface area (Å²) in [5.74, 6) is 0.548. The Balaban J connectivity index is 1.76. The average Bonchev–Trinajstić information content (AvgIpc) is 3.07. The quantitative estimate of drug-likeness (QED) is 0.706. The molecule has 0 aromatic rings. The molecule has 0 radical (unpaired) electrons. The maximum Gasteiger partial charge on any atom is 0.0830 e. The molecule has 2 aliphatic rings. The van der Waals surface area contributed by atoms with Crippen LogP contribution in [-0.2, 0) is 9.47 Å². The van der Waals surface area contributed by atoms with Crippen molar-refractivity contribution >= 4 is 0 Å². The highest BCUT2D eigenvalue weighted by molar-refractivity contribution is 4.98. The summed E-state index contributed by atoms with van der Waals surface area (Å²) in [7, 11) is 0. The molecule has 1 aliphatic carbocycles. The first kappa shape index (κ1) is 15.2. The van der Waals surface area contributed by atoms with Gasteiger partial charge in [0.15, 0.2) is 0 Å². The number of rotatable bonds is 8. The fraction of sp³-hybridized carbons (Fsp3) is 1.00. The minimum atomic E-state index is -0.0501. The van der Waals surface area contributed by atoms with E-state index in [1.165, 1.54) is 12.8 Å². The first-order valence-corrected chi connectivity index (χ1v) is 7.86. The van der Waals surface area contributed by atoms with Gasteiger partial charge in [-0.05, 0) is 44.6 Å². The summed E-state index contributed by atoms with van der Waals surface area (Å²) in [4.78, 5) is 0. The second kappa shape index (κ2) is 7.58. The van der Waals surface area contributed by atoms with Crippen molar-refractivity contribution in [3.8, 4) is 0 Å². The van der Waals surface area contributed by atoms with E-state index in [0.717, 1.165) is 52.0 Å². The molecule has 1 heterocycles. The summed E-state index contributed by atoms with van der Waals surface area (Å²) in [5.41, 5.74) is -0.0501. The summed E-state index contributed by atoms with van der Waals surface area (Å²) in [6, 6.07) is 0. The van der Waals surface area contributed by atoms with Gasteiger partial charge in [0.25, 0.3) is 0 Å². The fourth-order valence-corrected chi connectivity index (χ4v) is 3.46. The molecule has 112 valence electrons. The smallest absolute Gasteiger partial charge is 0.0830 e. The van der Waals surface area contributed by atoms with Crippen LogP contribution >= 0.6 is 0 Å². The van der Waals surface area contributed by atoms with E-state index in [0.29, 0.717) is 12.0 Å². The largest absolute Gasteiger partial charge is 0.394 e. The minimum Gasteiger partial charge on any atom is -0.394 e. The maximum atomic E-state index is 9.80. The van der Waals surface area contributed by atoms with Gasteiger partial charge in [0, 0.05) is 18.8 Å². The Labute approximate surface area is 116 Å². The SMILES string of the molecule is CCCNC1(CO)CCCC1CCOC1CCOC1. The van der Waals surface area contributed by atoms with Crippen LogP contribution in [0.2, 0.25) is 0 Å². The van der Waals surface area contributed by atoms with E-state index in [2.05, 4.69) is 12.2 Å². The van der Waals surface area contributed by atoms with Crippen LogP contribution in [0.3, 0.4) is 0 Å². The van der Waals surface area contributed by atoms with Crippen LogP contribution in [0.4, 0.5) is 0 Å². The van der Waals surface area contributed by atoms with E-state index < -0.39 is 0 Å². The predicted octanol–water partition coefficient (Wildman–Crippen LogP) is 1.71. The Kier molecular flexibility index (Phi) is 6.07. The maximum absolute atomic E-state index is 9.80. The van der Waals surface area contributed by atoms with Gasteiger partial charge >= 0.3 is 0 Å². The highest BCUT2D eigenvalue weighted by atomic mass is 16.5. The molecule has 1 saturated carbocycles. The highest BCUT2D eigenvalue weighted by Crippen LogP contribution is 2.37. The first-order valence-electron chi connectivity index (χ1n) is 7.86. The summed E-state index contributed by atoms with van der Waals surface area (Å²) in [6.07, 6.45) is 7.02. The van der Waals surface area contributed by atoms with Crippen LogP contribution in [0, 0.1) is 5.92 Å². The summed E-state index contributed by atoms with van der Waals surface area (Å²) in [6.45, 7) is 5.81. The standard InChI is InChI=1S/C15H29NO3/c1-2-8-16-15(12-17)7-3-4-13(15)5-10-19-14-6-9-18-11-14/h13-14,16-17H,2-12H2,1H3. The van der Waals surface area contributed by atoms with Crippen molar-refractivity contribution in [2.24, 2.45) is 5.92 Å². The lowest BCUT2D eigenvalue weighted by Gasteiger charge is -2.35. The van der Waals surface area contributed by atoms with Crippen molar-refractivity contribution in [3.05, 3.63) is 0 Å². The number of ether oxygens (including phenoxy) is 2. The Morgan fingerprint density at radius 2 is 2.32 bits per heavy atom. The molecular formula is C15H29NO3. The molecule has 0 aromatic heterocycles. The van der Waals surface area contributed by atoms with Crippen molar-refractivity contribution in [2.75, 3.05) is 33.0 Å². The van der Waals surface area contributed by atoms with Crippen LogP contribution < -0.4 is 5.32 Å². The third kappa shape index (κ3) is 3.91. The molecule has 1 saturated heterocycles. The van der Waals surface area contributed by atoms with Gasteiger partial charge in [0.1, 0.15) is 0 Å². The Morgan fingerprint density at radius 3 is 3.00 bits per heavy atom. The zero-order valence-corrected chi connectivity index (χ0v) is 12.2. The molecule has 4 heteroatoms. The molecule has 2 N–H and O–H groups in total. The molecule has 4 nitrogen and oxygen atoms in total. The van der Waals surface area contributed by atoms with Crippen molar-refractivity contribution in [3.63, 3.8) is 0 Å². The average molecular weight is 271 g/mol. The van der Waals surface area contributed by atoms with E-state index >= 15 is 0 Å². The van der Waals surface area contributed by atoms with Crippen LogP contribution in [0.5, 0.6) is 0 Å². The van der Waals surface area contributed by atoms with Gasteiger partial charge in [0.2, 0.25) is 0 Å². The monoisotopic (exact) mass is 271 g/mol. The summed E-state index contributed by atoms with van der Waals surface area (Å²) in [5, 5.41) is 13.4. The van der Waals surface area contributed by atoms with Gasteiger partial charge in [-0.3, -0.25) is 0 Å². The van der Waals surface area contributed by atoms with Gasteiger partial charge < -0.3 is 19.9 Å². The second-order valence-electron chi connectivity index (χ2n) is 5.98. The van der Waals surface area contributed by atoms with Crippen molar-refractivity contribution in [2.45, 2.75) is 57.1 Å². The van der Waals surface area contributed by atoms with Crippen molar-refractivity contribution < 1.29 is 14.6 Å². The number of hydrogen-bond acceptors (Lipinski definition) is 4. The molecule has 0 spiro atoms. The number of hydrogen-bond donors (Lipinski definition) is 2. The van der Waals surface area contributed by atoms with Gasteiger partial charge in [-0.1, -0.05) is 13.3 Å². The zero-order valence-electron chi connectivity index (χ0n) is 12.2. The predicted molar refractivity (Wildman–Crippen MR) is 75.2 cm³/mol. The molecule has 0 amide bonds. The fourth-order valence-electron chi connectivity index (χ4n) is 3.46. The normalized spacial score (nSPS) is 35.1. The number of aliphatic hydroxyl groups is 1. The third-order valence-electron chi connectivity index (χ3n) is 4.67. The van der Waals surface area contributed by atoms with Crippen LogP contribution in [0.25, 0.3) is 0 Å².